The first-order chi connectivity index (χ1) is 9.83. The molecule has 0 aliphatic heterocycles. The van der Waals surface area contributed by atoms with E-state index in [2.05, 4.69) is 24.0 Å². The largest absolute Gasteiger partial charge is 0.378 e. The molecule has 0 aromatic carbocycles. The minimum Gasteiger partial charge on any atom is -0.378 e. The van der Waals surface area contributed by atoms with Crippen LogP contribution in [0.1, 0.15) is 54.6 Å². The lowest BCUT2D eigenvalue weighted by atomic mass is 10.0. The Hall–Kier alpha value is -0.100. The second-order valence-electron chi connectivity index (χ2n) is 5.26. The molecule has 1 aliphatic rings. The molecule has 1 aliphatic carbocycles. The number of nitrogens with one attached hydrogen (secondary N) is 1. The molecule has 0 unspecified atom stereocenters. The van der Waals surface area contributed by atoms with E-state index in [9.17, 15) is 0 Å². The summed E-state index contributed by atoms with van der Waals surface area (Å²) in [5.41, 5.74) is 1.12. The van der Waals surface area contributed by atoms with E-state index >= 15 is 0 Å². The summed E-state index contributed by atoms with van der Waals surface area (Å²) in [6, 6.07) is 0. The Balaban J connectivity index is 1.89. The molecule has 0 bridgehead atoms. The Morgan fingerprint density at radius 1 is 1.35 bits per heavy atom. The van der Waals surface area contributed by atoms with Crippen molar-refractivity contribution in [1.82, 2.24) is 10.3 Å². The van der Waals surface area contributed by atoms with Gasteiger partial charge in [0.15, 0.2) is 0 Å². The average molecular weight is 315 g/mol. The highest BCUT2D eigenvalue weighted by molar-refractivity contribution is 7.99. The lowest BCUT2D eigenvalue weighted by molar-refractivity contribution is 0.181. The van der Waals surface area contributed by atoms with Crippen LogP contribution in [0.2, 0.25) is 0 Å². The van der Waals surface area contributed by atoms with Crippen LogP contribution in [0, 0.1) is 0 Å². The molecule has 0 radical (unpaired) electrons. The van der Waals surface area contributed by atoms with Crippen LogP contribution in [0.3, 0.4) is 0 Å². The molecule has 0 amide bonds. The van der Waals surface area contributed by atoms with E-state index in [0.717, 1.165) is 29.8 Å². The van der Waals surface area contributed by atoms with Crippen molar-refractivity contribution in [3.8, 4) is 0 Å². The van der Waals surface area contributed by atoms with Gasteiger partial charge >= 0.3 is 0 Å². The third-order valence-corrected chi connectivity index (χ3v) is 6.30. The van der Waals surface area contributed by atoms with E-state index in [1.165, 1.54) is 42.0 Å². The highest BCUT2D eigenvalue weighted by Crippen LogP contribution is 2.32. The number of rotatable bonds is 8. The Labute approximate surface area is 130 Å². The second-order valence-corrected chi connectivity index (χ2v) is 7.72. The number of nitrogens with zero attached hydrogens (tertiary/aromatic N) is 1. The van der Waals surface area contributed by atoms with Crippen LogP contribution in [0.4, 0.5) is 0 Å². The third-order valence-electron chi connectivity index (χ3n) is 3.63. The van der Waals surface area contributed by atoms with Crippen molar-refractivity contribution in [2.75, 3.05) is 13.7 Å². The molecule has 2 rings (SSSR count). The topological polar surface area (TPSA) is 34.2 Å². The van der Waals surface area contributed by atoms with E-state index < -0.39 is 0 Å². The summed E-state index contributed by atoms with van der Waals surface area (Å²) in [7, 11) is 1.74. The van der Waals surface area contributed by atoms with E-state index in [0.29, 0.717) is 6.61 Å². The maximum atomic E-state index is 5.27. The normalized spacial score (nSPS) is 16.7. The Bertz CT molecular complexity index is 389. The zero-order valence-corrected chi connectivity index (χ0v) is 14.2. The summed E-state index contributed by atoms with van der Waals surface area (Å²) in [4.78, 5) is 6.11. The van der Waals surface area contributed by atoms with Gasteiger partial charge in [0.05, 0.1) is 12.3 Å². The summed E-state index contributed by atoms with van der Waals surface area (Å²) in [6.45, 7) is 4.68. The van der Waals surface area contributed by atoms with Crippen LogP contribution in [-0.4, -0.2) is 23.9 Å². The molecular formula is C15H26N2OS2. The van der Waals surface area contributed by atoms with E-state index in [4.69, 9.17) is 9.72 Å². The predicted octanol–water partition coefficient (Wildman–Crippen LogP) is 3.96. The van der Waals surface area contributed by atoms with Gasteiger partial charge in [0.1, 0.15) is 5.01 Å². The van der Waals surface area contributed by atoms with Gasteiger partial charge in [0, 0.05) is 29.5 Å². The fourth-order valence-electron chi connectivity index (χ4n) is 2.55. The molecule has 1 N–H and O–H groups in total. The van der Waals surface area contributed by atoms with Gasteiger partial charge in [-0.3, -0.25) is 0 Å². The lowest BCUT2D eigenvalue weighted by Gasteiger charge is -2.20. The highest BCUT2D eigenvalue weighted by atomic mass is 32.2. The molecule has 0 saturated heterocycles. The van der Waals surface area contributed by atoms with Crippen molar-refractivity contribution in [3.63, 3.8) is 0 Å². The first-order valence-electron chi connectivity index (χ1n) is 7.62. The summed E-state index contributed by atoms with van der Waals surface area (Å²) in [5.74, 6) is 1.07. The van der Waals surface area contributed by atoms with Gasteiger partial charge < -0.3 is 10.1 Å². The van der Waals surface area contributed by atoms with E-state index in [1.54, 1.807) is 7.11 Å². The average Bonchev–Trinajstić information content (AvgIpc) is 2.87. The summed E-state index contributed by atoms with van der Waals surface area (Å²) >= 11 is 3.95. The Morgan fingerprint density at radius 2 is 2.15 bits per heavy atom. The second kappa shape index (κ2) is 9.03. The molecule has 1 saturated carbocycles. The Morgan fingerprint density at radius 3 is 2.85 bits per heavy atom. The third kappa shape index (κ3) is 5.02. The molecule has 114 valence electrons. The molecule has 1 heterocycles. The molecule has 3 nitrogen and oxygen atoms in total. The lowest BCUT2D eigenvalue weighted by Crippen LogP contribution is -2.12. The molecule has 20 heavy (non-hydrogen) atoms. The summed E-state index contributed by atoms with van der Waals surface area (Å²) in [6.07, 6.45) is 7.04. The minimum atomic E-state index is 0.630. The van der Waals surface area contributed by atoms with Crippen LogP contribution in [0.15, 0.2) is 0 Å². The van der Waals surface area contributed by atoms with Crippen molar-refractivity contribution in [2.45, 2.75) is 63.2 Å². The summed E-state index contributed by atoms with van der Waals surface area (Å²) < 4.78 is 5.27. The fourth-order valence-corrected chi connectivity index (χ4v) is 4.93. The van der Waals surface area contributed by atoms with Crippen LogP contribution in [-0.2, 0) is 23.6 Å². The molecule has 0 atom stereocenters. The predicted molar refractivity (Wildman–Crippen MR) is 88.4 cm³/mol. The van der Waals surface area contributed by atoms with Crippen LogP contribution in [0.25, 0.3) is 0 Å². The fraction of sp³-hybridized carbons (Fsp3) is 0.800. The van der Waals surface area contributed by atoms with Gasteiger partial charge in [0.25, 0.3) is 0 Å². The standard InChI is InChI=1S/C15H26N2OS2/c1-3-16-9-14-13(10-18-2)17-15(20-14)11-19-12-7-5-4-6-8-12/h12,16H,3-11H2,1-2H3. The van der Waals surface area contributed by atoms with Crippen LogP contribution < -0.4 is 5.32 Å². The maximum Gasteiger partial charge on any atom is 0.103 e. The number of hydrogen-bond donors (Lipinski definition) is 1. The van der Waals surface area contributed by atoms with Crippen LogP contribution in [0.5, 0.6) is 0 Å². The minimum absolute atomic E-state index is 0.630. The molecule has 5 heteroatoms. The highest BCUT2D eigenvalue weighted by Gasteiger charge is 2.16. The zero-order valence-electron chi connectivity index (χ0n) is 12.6. The molecule has 1 aromatic rings. The summed E-state index contributed by atoms with van der Waals surface area (Å²) in [5, 5.41) is 5.51. The number of aromatic nitrogens is 1. The Kier molecular flexibility index (Phi) is 7.35. The quantitative estimate of drug-likeness (QED) is 0.787. The maximum absolute atomic E-state index is 5.27. The first kappa shape index (κ1) is 16.3. The molecule has 1 aromatic heterocycles. The van der Waals surface area contributed by atoms with Gasteiger partial charge in [-0.1, -0.05) is 26.2 Å². The number of ether oxygens (including phenoxy) is 1. The van der Waals surface area contributed by atoms with E-state index in [1.807, 2.05) is 11.3 Å². The van der Waals surface area contributed by atoms with Crippen molar-refractivity contribution in [2.24, 2.45) is 0 Å². The number of thiazole rings is 1. The molecular weight excluding hydrogens is 288 g/mol. The van der Waals surface area contributed by atoms with Crippen molar-refractivity contribution in [1.29, 1.82) is 0 Å². The van der Waals surface area contributed by atoms with Gasteiger partial charge in [-0.15, -0.1) is 11.3 Å². The number of hydrogen-bond acceptors (Lipinski definition) is 5. The van der Waals surface area contributed by atoms with Gasteiger partial charge in [-0.25, -0.2) is 4.98 Å². The zero-order chi connectivity index (χ0) is 14.2. The van der Waals surface area contributed by atoms with Crippen molar-refractivity contribution in [3.05, 3.63) is 15.6 Å². The smallest absolute Gasteiger partial charge is 0.103 e. The van der Waals surface area contributed by atoms with E-state index in [-0.39, 0.29) is 0 Å². The van der Waals surface area contributed by atoms with Crippen molar-refractivity contribution >= 4 is 23.1 Å². The van der Waals surface area contributed by atoms with Crippen molar-refractivity contribution < 1.29 is 4.74 Å². The van der Waals surface area contributed by atoms with Crippen LogP contribution >= 0.6 is 23.1 Å². The van der Waals surface area contributed by atoms with Gasteiger partial charge in [-0.05, 0) is 19.4 Å². The number of thioether (sulfide) groups is 1. The molecule has 0 spiro atoms. The first-order valence-corrected chi connectivity index (χ1v) is 9.48. The SMILES string of the molecule is CCNCc1sc(CSC2CCCCC2)nc1COC. The van der Waals surface area contributed by atoms with Gasteiger partial charge in [0.2, 0.25) is 0 Å². The molecule has 1 fully saturated rings. The number of methoxy groups -OCH3 is 1. The monoisotopic (exact) mass is 314 g/mol. The van der Waals surface area contributed by atoms with Gasteiger partial charge in [-0.2, -0.15) is 11.8 Å².